The van der Waals surface area contributed by atoms with E-state index in [1.165, 1.54) is 0 Å². The number of hydrogen-bond donors (Lipinski definition) is 3. The summed E-state index contributed by atoms with van der Waals surface area (Å²) >= 11 is 2.14. The van der Waals surface area contributed by atoms with Crippen molar-refractivity contribution in [1.82, 2.24) is 5.43 Å². The third-order valence-electron chi connectivity index (χ3n) is 2.35. The van der Waals surface area contributed by atoms with E-state index in [2.05, 4.69) is 33.4 Å². The van der Waals surface area contributed by atoms with Gasteiger partial charge in [0.25, 0.3) is 5.91 Å². The van der Waals surface area contributed by atoms with E-state index in [0.29, 0.717) is 11.3 Å². The Hall–Kier alpha value is -1.76. The van der Waals surface area contributed by atoms with Gasteiger partial charge in [-0.1, -0.05) is 18.2 Å². The lowest BCUT2D eigenvalue weighted by molar-refractivity contribution is 0.0963. The molecule has 92 valence electrons. The number of halogens is 1. The molecular formula is C13H12IN3O. The Kier molecular flexibility index (Phi) is 4.03. The fourth-order valence-corrected chi connectivity index (χ4v) is 1.93. The molecule has 0 radical (unpaired) electrons. The van der Waals surface area contributed by atoms with Crippen molar-refractivity contribution in [2.24, 2.45) is 0 Å². The summed E-state index contributed by atoms with van der Waals surface area (Å²) in [4.78, 5) is 11.9. The number of anilines is 2. The maximum Gasteiger partial charge on any atom is 0.271 e. The van der Waals surface area contributed by atoms with Crippen LogP contribution in [0, 0.1) is 3.57 Å². The summed E-state index contributed by atoms with van der Waals surface area (Å²) in [6.07, 6.45) is 0. The predicted molar refractivity (Wildman–Crippen MR) is 81.1 cm³/mol. The van der Waals surface area contributed by atoms with Gasteiger partial charge < -0.3 is 5.73 Å². The van der Waals surface area contributed by atoms with E-state index in [0.717, 1.165) is 9.26 Å². The number of para-hydroxylation sites is 1. The number of nitrogens with one attached hydrogen (secondary N) is 2. The van der Waals surface area contributed by atoms with Gasteiger partial charge in [-0.05, 0) is 52.9 Å². The Morgan fingerprint density at radius 3 is 2.56 bits per heavy atom. The SMILES string of the molecule is Nc1ccc(I)cc1C(=O)NNc1ccccc1. The Morgan fingerprint density at radius 1 is 1.11 bits per heavy atom. The van der Waals surface area contributed by atoms with E-state index >= 15 is 0 Å². The standard InChI is InChI=1S/C13H12IN3O/c14-9-6-7-12(15)11(8-9)13(18)17-16-10-4-2-1-3-5-10/h1-8,16H,15H2,(H,17,18). The molecule has 2 aromatic carbocycles. The van der Waals surface area contributed by atoms with E-state index < -0.39 is 0 Å². The number of benzene rings is 2. The van der Waals surface area contributed by atoms with Crippen LogP contribution in [-0.4, -0.2) is 5.91 Å². The van der Waals surface area contributed by atoms with Gasteiger partial charge in [0.05, 0.1) is 11.3 Å². The van der Waals surface area contributed by atoms with Crippen molar-refractivity contribution in [2.45, 2.75) is 0 Å². The summed E-state index contributed by atoms with van der Waals surface area (Å²) in [5, 5.41) is 0. The molecule has 0 spiro atoms. The molecule has 0 saturated heterocycles. The van der Waals surface area contributed by atoms with Gasteiger partial charge in [-0.2, -0.15) is 0 Å². The fraction of sp³-hybridized carbons (Fsp3) is 0. The number of amides is 1. The molecule has 0 aliphatic heterocycles. The van der Waals surface area contributed by atoms with Crippen molar-refractivity contribution >= 4 is 39.9 Å². The molecule has 4 nitrogen and oxygen atoms in total. The van der Waals surface area contributed by atoms with Crippen LogP contribution in [0.25, 0.3) is 0 Å². The second-order valence-corrected chi connectivity index (χ2v) is 4.92. The lowest BCUT2D eigenvalue weighted by Crippen LogP contribution is -2.30. The number of rotatable bonds is 3. The minimum atomic E-state index is -0.255. The lowest BCUT2D eigenvalue weighted by Gasteiger charge is -2.10. The van der Waals surface area contributed by atoms with Crippen LogP contribution in [-0.2, 0) is 0 Å². The van der Waals surface area contributed by atoms with Crippen molar-refractivity contribution in [3.63, 3.8) is 0 Å². The van der Waals surface area contributed by atoms with Crippen LogP contribution in [0.15, 0.2) is 48.5 Å². The fourth-order valence-electron chi connectivity index (χ4n) is 1.44. The lowest BCUT2D eigenvalue weighted by atomic mass is 10.2. The zero-order chi connectivity index (χ0) is 13.0. The minimum Gasteiger partial charge on any atom is -0.398 e. The summed E-state index contributed by atoms with van der Waals surface area (Å²) in [6, 6.07) is 14.7. The smallest absolute Gasteiger partial charge is 0.271 e. The third kappa shape index (κ3) is 3.13. The van der Waals surface area contributed by atoms with Gasteiger partial charge in [0.15, 0.2) is 0 Å². The van der Waals surface area contributed by atoms with E-state index in [1.807, 2.05) is 36.4 Å². The molecule has 5 heteroatoms. The Morgan fingerprint density at radius 2 is 1.83 bits per heavy atom. The Bertz CT molecular complexity index is 557. The van der Waals surface area contributed by atoms with E-state index in [9.17, 15) is 4.79 Å². The van der Waals surface area contributed by atoms with Crippen LogP contribution in [0.2, 0.25) is 0 Å². The average molecular weight is 353 g/mol. The topological polar surface area (TPSA) is 67.2 Å². The Balaban J connectivity index is 2.06. The van der Waals surface area contributed by atoms with Crippen molar-refractivity contribution in [2.75, 3.05) is 11.2 Å². The largest absolute Gasteiger partial charge is 0.398 e. The zero-order valence-corrected chi connectivity index (χ0v) is 11.6. The molecule has 0 fully saturated rings. The van der Waals surface area contributed by atoms with Gasteiger partial charge in [-0.3, -0.25) is 15.6 Å². The van der Waals surface area contributed by atoms with Crippen LogP contribution in [0.1, 0.15) is 10.4 Å². The number of nitrogen functional groups attached to an aromatic ring is 1. The molecule has 0 heterocycles. The molecule has 0 saturated carbocycles. The van der Waals surface area contributed by atoms with Crippen LogP contribution in [0.3, 0.4) is 0 Å². The normalized spacial score (nSPS) is 9.83. The summed E-state index contributed by atoms with van der Waals surface area (Å²) in [5.41, 5.74) is 12.9. The molecule has 0 unspecified atom stereocenters. The van der Waals surface area contributed by atoms with E-state index in [4.69, 9.17) is 5.73 Å². The second-order valence-electron chi connectivity index (χ2n) is 3.68. The number of carbonyl (C=O) groups excluding carboxylic acids is 1. The first-order valence-electron chi connectivity index (χ1n) is 5.33. The maximum absolute atomic E-state index is 11.9. The molecule has 0 aliphatic rings. The zero-order valence-electron chi connectivity index (χ0n) is 9.48. The van der Waals surface area contributed by atoms with Crippen LogP contribution < -0.4 is 16.6 Å². The molecule has 2 aromatic rings. The maximum atomic E-state index is 11.9. The van der Waals surface area contributed by atoms with Crippen molar-refractivity contribution in [3.8, 4) is 0 Å². The number of hydrogen-bond acceptors (Lipinski definition) is 3. The Labute approximate surface area is 119 Å². The summed E-state index contributed by atoms with van der Waals surface area (Å²) in [7, 11) is 0. The third-order valence-corrected chi connectivity index (χ3v) is 3.03. The molecule has 0 atom stereocenters. The first-order valence-corrected chi connectivity index (χ1v) is 6.41. The highest BCUT2D eigenvalue weighted by molar-refractivity contribution is 14.1. The van der Waals surface area contributed by atoms with Gasteiger partial charge in [0.1, 0.15) is 0 Å². The number of carbonyl (C=O) groups is 1. The molecule has 2 rings (SSSR count). The average Bonchev–Trinajstić information content (AvgIpc) is 2.40. The monoisotopic (exact) mass is 353 g/mol. The van der Waals surface area contributed by atoms with Crippen molar-refractivity contribution in [1.29, 1.82) is 0 Å². The summed E-state index contributed by atoms with van der Waals surface area (Å²) in [6.45, 7) is 0. The first-order chi connectivity index (χ1) is 8.66. The molecule has 18 heavy (non-hydrogen) atoms. The van der Waals surface area contributed by atoms with Gasteiger partial charge in [0, 0.05) is 9.26 Å². The molecular weight excluding hydrogens is 341 g/mol. The molecule has 0 aromatic heterocycles. The van der Waals surface area contributed by atoms with Crippen molar-refractivity contribution in [3.05, 3.63) is 57.7 Å². The first kappa shape index (κ1) is 12.7. The predicted octanol–water partition coefficient (Wildman–Crippen LogP) is 2.63. The quantitative estimate of drug-likeness (QED) is 0.452. The van der Waals surface area contributed by atoms with E-state index in [-0.39, 0.29) is 5.91 Å². The van der Waals surface area contributed by atoms with Gasteiger partial charge in [0.2, 0.25) is 0 Å². The van der Waals surface area contributed by atoms with Crippen LogP contribution >= 0.6 is 22.6 Å². The molecule has 4 N–H and O–H groups in total. The summed E-state index contributed by atoms with van der Waals surface area (Å²) in [5.74, 6) is -0.255. The molecule has 1 amide bonds. The summed E-state index contributed by atoms with van der Waals surface area (Å²) < 4.78 is 0.965. The van der Waals surface area contributed by atoms with Crippen LogP contribution in [0.4, 0.5) is 11.4 Å². The van der Waals surface area contributed by atoms with Gasteiger partial charge in [-0.15, -0.1) is 0 Å². The molecule has 0 aliphatic carbocycles. The highest BCUT2D eigenvalue weighted by Crippen LogP contribution is 2.15. The minimum absolute atomic E-state index is 0.255. The second kappa shape index (κ2) is 5.72. The van der Waals surface area contributed by atoms with E-state index in [1.54, 1.807) is 12.1 Å². The van der Waals surface area contributed by atoms with Gasteiger partial charge >= 0.3 is 0 Å². The number of nitrogens with two attached hydrogens (primary N) is 1. The molecule has 0 bridgehead atoms. The van der Waals surface area contributed by atoms with Crippen molar-refractivity contribution < 1.29 is 4.79 Å². The highest BCUT2D eigenvalue weighted by Gasteiger charge is 2.09. The highest BCUT2D eigenvalue weighted by atomic mass is 127. The van der Waals surface area contributed by atoms with Gasteiger partial charge in [-0.25, -0.2) is 0 Å². The van der Waals surface area contributed by atoms with Crippen LogP contribution in [0.5, 0.6) is 0 Å². The number of hydrazine groups is 1.